The Labute approximate surface area is 151 Å². The fourth-order valence-corrected chi connectivity index (χ4v) is 3.84. The van der Waals surface area contributed by atoms with Gasteiger partial charge in [-0.3, -0.25) is 9.78 Å². The highest BCUT2D eigenvalue weighted by atomic mass is 32.2. The molecule has 0 spiro atoms. The SMILES string of the molecule is C[C@H](NS(=O)(=O)c1ccccc1F)C(=O)NCc1ccnc(C2CC2)c1. The number of nitrogens with zero attached hydrogens (tertiary/aromatic N) is 1. The van der Waals surface area contributed by atoms with Gasteiger partial charge in [-0.1, -0.05) is 12.1 Å². The summed E-state index contributed by atoms with van der Waals surface area (Å²) in [5, 5.41) is 2.69. The number of carbonyl (C=O) groups is 1. The molecule has 1 amide bonds. The van der Waals surface area contributed by atoms with Crippen molar-refractivity contribution in [3.05, 3.63) is 59.7 Å². The molecule has 1 aromatic heterocycles. The van der Waals surface area contributed by atoms with Gasteiger partial charge >= 0.3 is 0 Å². The molecular weight excluding hydrogens is 357 g/mol. The van der Waals surface area contributed by atoms with Crippen molar-refractivity contribution in [2.24, 2.45) is 0 Å². The molecule has 0 aliphatic heterocycles. The number of hydrogen-bond donors (Lipinski definition) is 2. The Morgan fingerprint density at radius 3 is 2.73 bits per heavy atom. The molecule has 26 heavy (non-hydrogen) atoms. The van der Waals surface area contributed by atoms with Gasteiger partial charge < -0.3 is 5.32 Å². The summed E-state index contributed by atoms with van der Waals surface area (Å²) in [7, 11) is -4.12. The summed E-state index contributed by atoms with van der Waals surface area (Å²) in [5.41, 5.74) is 1.92. The Hall–Kier alpha value is -2.32. The molecule has 138 valence electrons. The second kappa shape index (κ2) is 7.51. The zero-order valence-corrected chi connectivity index (χ0v) is 15.1. The van der Waals surface area contributed by atoms with Gasteiger partial charge in [0, 0.05) is 24.4 Å². The maximum atomic E-state index is 13.7. The van der Waals surface area contributed by atoms with Gasteiger partial charge in [0.1, 0.15) is 10.7 Å². The molecule has 3 rings (SSSR count). The first-order chi connectivity index (χ1) is 12.4. The van der Waals surface area contributed by atoms with Crippen molar-refractivity contribution in [1.82, 2.24) is 15.0 Å². The number of benzene rings is 1. The first kappa shape index (κ1) is 18.5. The van der Waals surface area contributed by atoms with E-state index in [2.05, 4.69) is 15.0 Å². The molecule has 1 aromatic carbocycles. The lowest BCUT2D eigenvalue weighted by Crippen LogP contribution is -2.44. The Bertz CT molecular complexity index is 913. The highest BCUT2D eigenvalue weighted by Gasteiger charge is 2.26. The maximum Gasteiger partial charge on any atom is 0.244 e. The molecule has 8 heteroatoms. The van der Waals surface area contributed by atoms with Crippen molar-refractivity contribution in [1.29, 1.82) is 0 Å². The van der Waals surface area contributed by atoms with E-state index in [0.29, 0.717) is 5.92 Å². The zero-order chi connectivity index (χ0) is 18.7. The highest BCUT2D eigenvalue weighted by molar-refractivity contribution is 7.89. The van der Waals surface area contributed by atoms with Crippen LogP contribution in [0.2, 0.25) is 0 Å². The average Bonchev–Trinajstić information content (AvgIpc) is 3.45. The molecule has 1 heterocycles. The molecule has 2 N–H and O–H groups in total. The van der Waals surface area contributed by atoms with Crippen LogP contribution >= 0.6 is 0 Å². The largest absolute Gasteiger partial charge is 0.351 e. The van der Waals surface area contributed by atoms with Crippen LogP contribution in [0.3, 0.4) is 0 Å². The Morgan fingerprint density at radius 1 is 1.31 bits per heavy atom. The number of amides is 1. The molecule has 0 radical (unpaired) electrons. The third-order valence-electron chi connectivity index (χ3n) is 4.16. The van der Waals surface area contributed by atoms with Crippen LogP contribution in [0.25, 0.3) is 0 Å². The van der Waals surface area contributed by atoms with Crippen LogP contribution in [-0.4, -0.2) is 25.4 Å². The van der Waals surface area contributed by atoms with Crippen LogP contribution < -0.4 is 10.0 Å². The number of rotatable bonds is 7. The number of sulfonamides is 1. The standard InChI is InChI=1S/C18H20FN3O3S/c1-12(22-26(24,25)17-5-3-2-4-15(17)19)18(23)21-11-13-8-9-20-16(10-13)14-6-7-14/h2-5,8-10,12,14,22H,6-7,11H2,1H3,(H,21,23)/t12-/m0/s1. The minimum absolute atomic E-state index is 0.271. The number of carbonyl (C=O) groups excluding carboxylic acids is 1. The second-order valence-corrected chi connectivity index (χ2v) is 8.04. The lowest BCUT2D eigenvalue weighted by Gasteiger charge is -2.15. The number of hydrogen-bond acceptors (Lipinski definition) is 4. The minimum Gasteiger partial charge on any atom is -0.351 e. The average molecular weight is 377 g/mol. The lowest BCUT2D eigenvalue weighted by atomic mass is 10.2. The van der Waals surface area contributed by atoms with Crippen molar-refractivity contribution >= 4 is 15.9 Å². The van der Waals surface area contributed by atoms with Gasteiger partial charge in [0.15, 0.2) is 0 Å². The van der Waals surface area contributed by atoms with E-state index in [0.717, 1.165) is 36.2 Å². The molecule has 0 bridgehead atoms. The fraction of sp³-hybridized carbons (Fsp3) is 0.333. The van der Waals surface area contributed by atoms with Gasteiger partial charge in [0.25, 0.3) is 0 Å². The van der Waals surface area contributed by atoms with Gasteiger partial charge in [0.05, 0.1) is 6.04 Å². The van der Waals surface area contributed by atoms with Crippen LogP contribution in [0.5, 0.6) is 0 Å². The van der Waals surface area contributed by atoms with Crippen molar-refractivity contribution in [3.8, 4) is 0 Å². The molecule has 1 fully saturated rings. The van der Waals surface area contributed by atoms with Crippen molar-refractivity contribution in [3.63, 3.8) is 0 Å². The normalized spacial score (nSPS) is 15.5. The van der Waals surface area contributed by atoms with E-state index in [4.69, 9.17) is 0 Å². The summed E-state index contributed by atoms with van der Waals surface area (Å²) in [6.45, 7) is 1.68. The summed E-state index contributed by atoms with van der Waals surface area (Å²) >= 11 is 0. The smallest absolute Gasteiger partial charge is 0.244 e. The summed E-state index contributed by atoms with van der Waals surface area (Å²) in [6, 6.07) is 7.74. The van der Waals surface area contributed by atoms with Crippen molar-refractivity contribution in [2.75, 3.05) is 0 Å². The molecule has 1 aliphatic carbocycles. The van der Waals surface area contributed by atoms with E-state index < -0.39 is 32.7 Å². The fourth-order valence-electron chi connectivity index (χ4n) is 2.56. The first-order valence-electron chi connectivity index (χ1n) is 8.36. The summed E-state index contributed by atoms with van der Waals surface area (Å²) in [6.07, 6.45) is 3.98. The molecule has 1 saturated carbocycles. The van der Waals surface area contributed by atoms with E-state index >= 15 is 0 Å². The van der Waals surface area contributed by atoms with Crippen molar-refractivity contribution < 1.29 is 17.6 Å². The van der Waals surface area contributed by atoms with Crippen LogP contribution in [0.15, 0.2) is 47.5 Å². The number of halogens is 1. The Kier molecular flexibility index (Phi) is 5.33. The molecular formula is C18H20FN3O3S. The summed E-state index contributed by atoms with van der Waals surface area (Å²) in [4.78, 5) is 16.0. The molecule has 0 saturated heterocycles. The third kappa shape index (κ3) is 4.44. The van der Waals surface area contributed by atoms with Crippen LogP contribution in [-0.2, 0) is 21.4 Å². The number of pyridine rings is 1. The van der Waals surface area contributed by atoms with Gasteiger partial charge in [-0.2, -0.15) is 4.72 Å². The summed E-state index contributed by atoms with van der Waals surface area (Å²) in [5.74, 6) is -0.844. The molecule has 6 nitrogen and oxygen atoms in total. The van der Waals surface area contributed by atoms with E-state index in [9.17, 15) is 17.6 Å². The van der Waals surface area contributed by atoms with Crippen LogP contribution in [0, 0.1) is 5.82 Å². The molecule has 1 aliphatic rings. The van der Waals surface area contributed by atoms with Crippen molar-refractivity contribution in [2.45, 2.75) is 43.2 Å². The van der Waals surface area contributed by atoms with E-state index in [-0.39, 0.29) is 6.54 Å². The summed E-state index contributed by atoms with van der Waals surface area (Å²) < 4.78 is 40.3. The minimum atomic E-state index is -4.12. The van der Waals surface area contributed by atoms with E-state index in [1.807, 2.05) is 6.07 Å². The highest BCUT2D eigenvalue weighted by Crippen LogP contribution is 2.38. The Morgan fingerprint density at radius 2 is 2.04 bits per heavy atom. The monoisotopic (exact) mass is 377 g/mol. The van der Waals surface area contributed by atoms with E-state index in [1.54, 1.807) is 12.3 Å². The van der Waals surface area contributed by atoms with Crippen LogP contribution in [0.4, 0.5) is 4.39 Å². The molecule has 2 aromatic rings. The van der Waals surface area contributed by atoms with Gasteiger partial charge in [-0.05, 0) is 49.6 Å². The van der Waals surface area contributed by atoms with Crippen LogP contribution in [0.1, 0.15) is 36.9 Å². The second-order valence-electron chi connectivity index (χ2n) is 6.35. The lowest BCUT2D eigenvalue weighted by molar-refractivity contribution is -0.122. The molecule has 1 atom stereocenters. The van der Waals surface area contributed by atoms with Gasteiger partial charge in [-0.15, -0.1) is 0 Å². The first-order valence-corrected chi connectivity index (χ1v) is 9.84. The zero-order valence-electron chi connectivity index (χ0n) is 14.3. The topological polar surface area (TPSA) is 88.2 Å². The quantitative estimate of drug-likeness (QED) is 0.773. The predicted octanol–water partition coefficient (Wildman–Crippen LogP) is 2.08. The predicted molar refractivity (Wildman–Crippen MR) is 94.2 cm³/mol. The van der Waals surface area contributed by atoms with E-state index in [1.165, 1.54) is 19.1 Å². The number of aromatic nitrogens is 1. The number of nitrogens with one attached hydrogen (secondary N) is 2. The van der Waals surface area contributed by atoms with Gasteiger partial charge in [-0.25, -0.2) is 12.8 Å². The Balaban J connectivity index is 1.59. The van der Waals surface area contributed by atoms with Gasteiger partial charge in [0.2, 0.25) is 15.9 Å². The molecule has 0 unspecified atom stereocenters. The maximum absolute atomic E-state index is 13.7. The third-order valence-corrected chi connectivity index (χ3v) is 5.73.